The Morgan fingerprint density at radius 3 is 2.50 bits per heavy atom. The first-order valence-corrected chi connectivity index (χ1v) is 5.45. The minimum atomic E-state index is -4.24. The molecule has 0 radical (unpaired) electrons. The zero-order valence-corrected chi connectivity index (χ0v) is 8.29. The van der Waals surface area contributed by atoms with Gasteiger partial charge in [-0.3, -0.25) is 4.55 Å². The molecule has 5 nitrogen and oxygen atoms in total. The second kappa shape index (κ2) is 3.95. The third kappa shape index (κ3) is 2.22. The number of rotatable bonds is 3. The van der Waals surface area contributed by atoms with Crippen LogP contribution in [0.3, 0.4) is 0 Å². The Morgan fingerprint density at radius 1 is 1.36 bits per heavy atom. The lowest BCUT2D eigenvalue weighted by Gasteiger charge is -2.07. The van der Waals surface area contributed by atoms with Crippen LogP contribution < -0.4 is 11.5 Å². The van der Waals surface area contributed by atoms with Gasteiger partial charge in [0, 0.05) is 0 Å². The quantitative estimate of drug-likeness (QED) is 0.487. The van der Waals surface area contributed by atoms with Crippen LogP contribution in [0.1, 0.15) is 5.56 Å². The van der Waals surface area contributed by atoms with E-state index in [0.717, 1.165) is 0 Å². The summed E-state index contributed by atoms with van der Waals surface area (Å²) >= 11 is 0. The topological polar surface area (TPSA) is 106 Å². The number of hydrogen-bond donors (Lipinski definition) is 3. The van der Waals surface area contributed by atoms with Gasteiger partial charge in [0.25, 0.3) is 10.1 Å². The average Bonchev–Trinajstić information content (AvgIpc) is 2.07. The summed E-state index contributed by atoms with van der Waals surface area (Å²) < 4.78 is 30.5. The zero-order chi connectivity index (χ0) is 10.8. The maximum absolute atomic E-state index is 10.9. The standard InChI is InChI=1S/C8H12N2O3S/c9-5-4-6-2-1-3-7(8(6)10)14(11,12)13/h1-3H,4-5,9-10H2,(H,11,12,13). The van der Waals surface area contributed by atoms with Crippen LogP contribution in [0.15, 0.2) is 23.1 Å². The SMILES string of the molecule is NCCc1cccc(S(=O)(=O)O)c1N. The Bertz CT molecular complexity index is 428. The summed E-state index contributed by atoms with van der Waals surface area (Å²) in [6.45, 7) is 0.374. The van der Waals surface area contributed by atoms with Crippen molar-refractivity contribution in [3.8, 4) is 0 Å². The van der Waals surface area contributed by atoms with E-state index >= 15 is 0 Å². The van der Waals surface area contributed by atoms with Crippen molar-refractivity contribution in [3.05, 3.63) is 23.8 Å². The number of nitrogen functional groups attached to an aromatic ring is 1. The summed E-state index contributed by atoms with van der Waals surface area (Å²) in [5.41, 5.74) is 11.6. The Hall–Kier alpha value is -1.11. The van der Waals surface area contributed by atoms with Gasteiger partial charge < -0.3 is 11.5 Å². The summed E-state index contributed by atoms with van der Waals surface area (Å²) in [5, 5.41) is 0. The zero-order valence-electron chi connectivity index (χ0n) is 7.47. The molecule has 1 rings (SSSR count). The van der Waals surface area contributed by atoms with E-state index in [4.69, 9.17) is 16.0 Å². The molecule has 0 aliphatic rings. The van der Waals surface area contributed by atoms with Crippen molar-refractivity contribution in [2.75, 3.05) is 12.3 Å². The largest absolute Gasteiger partial charge is 0.397 e. The van der Waals surface area contributed by atoms with Gasteiger partial charge in [-0.05, 0) is 24.6 Å². The lowest BCUT2D eigenvalue weighted by atomic mass is 10.1. The molecular formula is C8H12N2O3S. The second-order valence-corrected chi connectivity index (χ2v) is 4.23. The van der Waals surface area contributed by atoms with E-state index in [2.05, 4.69) is 0 Å². The van der Waals surface area contributed by atoms with E-state index in [9.17, 15) is 8.42 Å². The maximum Gasteiger partial charge on any atom is 0.296 e. The summed E-state index contributed by atoms with van der Waals surface area (Å²) in [6, 6.07) is 4.45. The average molecular weight is 216 g/mol. The highest BCUT2D eigenvalue weighted by Crippen LogP contribution is 2.22. The Kier molecular flexibility index (Phi) is 3.10. The van der Waals surface area contributed by atoms with Gasteiger partial charge in [0.1, 0.15) is 4.90 Å². The van der Waals surface area contributed by atoms with Gasteiger partial charge in [0.2, 0.25) is 0 Å². The second-order valence-electron chi connectivity index (χ2n) is 2.84. The minimum Gasteiger partial charge on any atom is -0.397 e. The fraction of sp³-hybridized carbons (Fsp3) is 0.250. The van der Waals surface area contributed by atoms with Crippen LogP contribution in [0.5, 0.6) is 0 Å². The molecule has 14 heavy (non-hydrogen) atoms. The Labute approximate surface area is 82.5 Å². The first-order chi connectivity index (χ1) is 6.46. The van der Waals surface area contributed by atoms with Crippen molar-refractivity contribution in [3.63, 3.8) is 0 Å². The number of para-hydroxylation sites is 1. The molecule has 1 aromatic rings. The summed E-state index contributed by atoms with van der Waals surface area (Å²) in [5.74, 6) is 0. The molecule has 0 fully saturated rings. The molecule has 0 amide bonds. The first-order valence-electron chi connectivity index (χ1n) is 4.01. The highest BCUT2D eigenvalue weighted by atomic mass is 32.2. The van der Waals surface area contributed by atoms with Crippen LogP contribution >= 0.6 is 0 Å². The van der Waals surface area contributed by atoms with Crippen molar-refractivity contribution >= 4 is 15.8 Å². The van der Waals surface area contributed by atoms with Crippen LogP contribution in [0.2, 0.25) is 0 Å². The fourth-order valence-electron chi connectivity index (χ4n) is 1.19. The van der Waals surface area contributed by atoms with E-state index in [1.165, 1.54) is 12.1 Å². The molecule has 0 aliphatic carbocycles. The molecule has 0 unspecified atom stereocenters. The molecule has 0 atom stereocenters. The third-order valence-electron chi connectivity index (χ3n) is 1.85. The molecule has 0 aliphatic heterocycles. The van der Waals surface area contributed by atoms with Gasteiger partial charge in [0.05, 0.1) is 5.69 Å². The highest BCUT2D eigenvalue weighted by Gasteiger charge is 2.15. The van der Waals surface area contributed by atoms with E-state index < -0.39 is 10.1 Å². The molecule has 78 valence electrons. The number of anilines is 1. The van der Waals surface area contributed by atoms with Gasteiger partial charge in [-0.2, -0.15) is 8.42 Å². The summed E-state index contributed by atoms with van der Waals surface area (Å²) in [4.78, 5) is -0.261. The number of benzene rings is 1. The van der Waals surface area contributed by atoms with Crippen LogP contribution in [-0.2, 0) is 16.5 Å². The monoisotopic (exact) mass is 216 g/mol. The van der Waals surface area contributed by atoms with E-state index in [1.807, 2.05) is 0 Å². The molecule has 0 heterocycles. The summed E-state index contributed by atoms with van der Waals surface area (Å²) in [6.07, 6.45) is 0.481. The molecule has 0 aromatic heterocycles. The Balaban J connectivity index is 3.28. The predicted octanol–water partition coefficient (Wildman–Crippen LogP) is 0.0167. The highest BCUT2D eigenvalue weighted by molar-refractivity contribution is 7.86. The normalized spacial score (nSPS) is 11.6. The van der Waals surface area contributed by atoms with E-state index in [-0.39, 0.29) is 10.6 Å². The van der Waals surface area contributed by atoms with Crippen LogP contribution in [0, 0.1) is 0 Å². The van der Waals surface area contributed by atoms with Gasteiger partial charge in [-0.1, -0.05) is 12.1 Å². The van der Waals surface area contributed by atoms with E-state index in [0.29, 0.717) is 18.5 Å². The minimum absolute atomic E-state index is 0.0699. The lowest BCUT2D eigenvalue weighted by molar-refractivity contribution is 0.483. The smallest absolute Gasteiger partial charge is 0.296 e. The van der Waals surface area contributed by atoms with Crippen molar-refractivity contribution in [1.82, 2.24) is 0 Å². The first kappa shape index (κ1) is 11.0. The third-order valence-corrected chi connectivity index (χ3v) is 2.76. The van der Waals surface area contributed by atoms with Crippen molar-refractivity contribution in [1.29, 1.82) is 0 Å². The summed E-state index contributed by atoms with van der Waals surface area (Å²) in [7, 11) is -4.24. The molecule has 0 bridgehead atoms. The lowest BCUT2D eigenvalue weighted by Crippen LogP contribution is -2.09. The van der Waals surface area contributed by atoms with Crippen LogP contribution in [-0.4, -0.2) is 19.5 Å². The molecule has 5 N–H and O–H groups in total. The molecule has 0 spiro atoms. The van der Waals surface area contributed by atoms with Crippen LogP contribution in [0.4, 0.5) is 5.69 Å². The number of hydrogen-bond acceptors (Lipinski definition) is 4. The van der Waals surface area contributed by atoms with Crippen molar-refractivity contribution < 1.29 is 13.0 Å². The maximum atomic E-state index is 10.9. The molecule has 1 aromatic carbocycles. The van der Waals surface area contributed by atoms with Gasteiger partial charge >= 0.3 is 0 Å². The molecular weight excluding hydrogens is 204 g/mol. The van der Waals surface area contributed by atoms with E-state index in [1.54, 1.807) is 6.07 Å². The fourth-order valence-corrected chi connectivity index (χ4v) is 1.85. The van der Waals surface area contributed by atoms with Crippen molar-refractivity contribution in [2.24, 2.45) is 5.73 Å². The van der Waals surface area contributed by atoms with Gasteiger partial charge in [-0.25, -0.2) is 0 Å². The molecule has 6 heteroatoms. The van der Waals surface area contributed by atoms with Gasteiger partial charge in [0.15, 0.2) is 0 Å². The van der Waals surface area contributed by atoms with Crippen LogP contribution in [0.25, 0.3) is 0 Å². The predicted molar refractivity (Wildman–Crippen MR) is 53.4 cm³/mol. The molecule has 0 saturated carbocycles. The van der Waals surface area contributed by atoms with Gasteiger partial charge in [-0.15, -0.1) is 0 Å². The molecule has 0 saturated heterocycles. The Morgan fingerprint density at radius 2 is 2.00 bits per heavy atom. The van der Waals surface area contributed by atoms with Crippen molar-refractivity contribution in [2.45, 2.75) is 11.3 Å². The number of nitrogens with two attached hydrogens (primary N) is 2.